The van der Waals surface area contributed by atoms with E-state index in [0.29, 0.717) is 5.69 Å². The van der Waals surface area contributed by atoms with Gasteiger partial charge in [0.2, 0.25) is 0 Å². The number of methoxy groups -OCH3 is 1. The van der Waals surface area contributed by atoms with Crippen LogP contribution in [0.15, 0.2) is 21.5 Å². The van der Waals surface area contributed by atoms with Gasteiger partial charge in [-0.2, -0.15) is 0 Å². The summed E-state index contributed by atoms with van der Waals surface area (Å²) in [4.78, 5) is 0.748. The average molecular weight is 234 g/mol. The fraction of sp³-hybridized carbons (Fsp3) is 0.143. The lowest BCUT2D eigenvalue weighted by atomic mass is 10.3. The highest BCUT2D eigenvalue weighted by atomic mass is 79.9. The number of benzene rings is 1. The lowest BCUT2D eigenvalue weighted by molar-refractivity contribution is 0.412. The molecule has 0 atom stereocenters. The minimum atomic E-state index is 0.619. The molecule has 11 heavy (non-hydrogen) atoms. The van der Waals surface area contributed by atoms with Gasteiger partial charge < -0.3 is 10.5 Å². The molecule has 60 valence electrons. The van der Waals surface area contributed by atoms with Crippen LogP contribution in [0.1, 0.15) is 0 Å². The zero-order valence-corrected chi connectivity index (χ0v) is 8.45. The molecule has 2 nitrogen and oxygen atoms in total. The lowest BCUT2D eigenvalue weighted by Crippen LogP contribution is -1.90. The molecule has 0 aliphatic carbocycles. The van der Waals surface area contributed by atoms with Gasteiger partial charge in [-0.3, -0.25) is 0 Å². The first kappa shape index (κ1) is 8.74. The zero-order valence-electron chi connectivity index (χ0n) is 5.97. The molecule has 0 spiro atoms. The largest absolute Gasteiger partial charge is 0.495 e. The third kappa shape index (κ3) is 1.81. The number of nitrogen functional groups attached to an aromatic ring is 1. The van der Waals surface area contributed by atoms with Gasteiger partial charge in [-0.05, 0) is 22.0 Å². The first-order chi connectivity index (χ1) is 5.15. The summed E-state index contributed by atoms with van der Waals surface area (Å²) in [7, 11) is 1.59. The monoisotopic (exact) mass is 233 g/mol. The van der Waals surface area contributed by atoms with Crippen molar-refractivity contribution in [3.63, 3.8) is 0 Å². The standard InChI is InChI=1S/C7H8BrNOS/c1-10-6-3-5(9)7(11)2-4(6)8/h2-3,11H,9H2,1H3. The molecule has 1 rings (SSSR count). The van der Waals surface area contributed by atoms with Crippen molar-refractivity contribution in [3.8, 4) is 5.75 Å². The topological polar surface area (TPSA) is 35.2 Å². The number of ether oxygens (including phenoxy) is 1. The molecule has 4 heteroatoms. The van der Waals surface area contributed by atoms with Crippen LogP contribution < -0.4 is 10.5 Å². The molecule has 2 N–H and O–H groups in total. The summed E-state index contributed by atoms with van der Waals surface area (Å²) in [6.45, 7) is 0. The van der Waals surface area contributed by atoms with Crippen LogP contribution in [0.4, 0.5) is 5.69 Å². The van der Waals surface area contributed by atoms with Crippen molar-refractivity contribution < 1.29 is 4.74 Å². The SMILES string of the molecule is COc1cc(N)c(S)cc1Br. The van der Waals surface area contributed by atoms with E-state index in [-0.39, 0.29) is 0 Å². The normalized spacial score (nSPS) is 9.73. The van der Waals surface area contributed by atoms with Crippen molar-refractivity contribution in [3.05, 3.63) is 16.6 Å². The third-order valence-corrected chi connectivity index (χ3v) is 2.31. The molecule has 0 bridgehead atoms. The maximum atomic E-state index is 5.59. The number of rotatable bonds is 1. The molecule has 1 aromatic rings. The number of hydrogen-bond acceptors (Lipinski definition) is 3. The van der Waals surface area contributed by atoms with Crippen molar-refractivity contribution in [2.24, 2.45) is 0 Å². The van der Waals surface area contributed by atoms with Crippen LogP contribution >= 0.6 is 28.6 Å². The van der Waals surface area contributed by atoms with Crippen LogP contribution in [0.25, 0.3) is 0 Å². The predicted octanol–water partition coefficient (Wildman–Crippen LogP) is 2.33. The van der Waals surface area contributed by atoms with E-state index < -0.39 is 0 Å². The van der Waals surface area contributed by atoms with E-state index in [9.17, 15) is 0 Å². The number of hydrogen-bond donors (Lipinski definition) is 2. The quantitative estimate of drug-likeness (QED) is 0.577. The molecule has 0 fully saturated rings. The van der Waals surface area contributed by atoms with Gasteiger partial charge in [0.1, 0.15) is 5.75 Å². The molecule has 0 radical (unpaired) electrons. The number of thiol groups is 1. The highest BCUT2D eigenvalue weighted by molar-refractivity contribution is 9.10. The summed E-state index contributed by atoms with van der Waals surface area (Å²) >= 11 is 7.46. The average Bonchev–Trinajstić information content (AvgIpc) is 1.97. The highest BCUT2D eigenvalue weighted by Crippen LogP contribution is 2.31. The molecule has 0 amide bonds. The Morgan fingerprint density at radius 2 is 2.18 bits per heavy atom. The van der Waals surface area contributed by atoms with Crippen LogP contribution in [0.2, 0.25) is 0 Å². The maximum Gasteiger partial charge on any atom is 0.135 e. The van der Waals surface area contributed by atoms with Gasteiger partial charge in [0.05, 0.1) is 11.6 Å². The Labute approximate surface area is 79.3 Å². The van der Waals surface area contributed by atoms with Gasteiger partial charge in [0.25, 0.3) is 0 Å². The summed E-state index contributed by atoms with van der Waals surface area (Å²) < 4.78 is 5.88. The molecule has 0 unspecified atom stereocenters. The Balaban J connectivity index is 3.21. The maximum absolute atomic E-state index is 5.59. The fourth-order valence-corrected chi connectivity index (χ4v) is 1.59. The molecular weight excluding hydrogens is 226 g/mol. The van der Waals surface area contributed by atoms with E-state index in [1.165, 1.54) is 0 Å². The summed E-state index contributed by atoms with van der Waals surface area (Å²) in [5, 5.41) is 0. The van der Waals surface area contributed by atoms with E-state index in [0.717, 1.165) is 15.1 Å². The van der Waals surface area contributed by atoms with E-state index in [4.69, 9.17) is 10.5 Å². The van der Waals surface area contributed by atoms with E-state index in [1.807, 2.05) is 0 Å². The van der Waals surface area contributed by atoms with Gasteiger partial charge in [-0.25, -0.2) is 0 Å². The van der Waals surface area contributed by atoms with Crippen LogP contribution in [0, 0.1) is 0 Å². The van der Waals surface area contributed by atoms with E-state index in [2.05, 4.69) is 28.6 Å². The third-order valence-electron chi connectivity index (χ3n) is 1.30. The van der Waals surface area contributed by atoms with Gasteiger partial charge in [-0.1, -0.05) is 0 Å². The molecule has 0 heterocycles. The summed E-state index contributed by atoms with van der Waals surface area (Å²) in [5.41, 5.74) is 6.21. The van der Waals surface area contributed by atoms with E-state index >= 15 is 0 Å². The summed E-state index contributed by atoms with van der Waals surface area (Å²) in [6.07, 6.45) is 0. The number of nitrogens with two attached hydrogens (primary N) is 1. The van der Waals surface area contributed by atoms with Crippen molar-refractivity contribution in [1.82, 2.24) is 0 Å². The van der Waals surface area contributed by atoms with Crippen molar-refractivity contribution in [2.75, 3.05) is 12.8 Å². The predicted molar refractivity (Wildman–Crippen MR) is 52.4 cm³/mol. The first-order valence-corrected chi connectivity index (χ1v) is 4.21. The second kappa shape index (κ2) is 3.36. The smallest absolute Gasteiger partial charge is 0.135 e. The molecule has 1 aromatic carbocycles. The molecule has 0 saturated heterocycles. The summed E-state index contributed by atoms with van der Waals surface area (Å²) in [5.74, 6) is 0.723. The van der Waals surface area contributed by atoms with Gasteiger partial charge in [0.15, 0.2) is 0 Å². The highest BCUT2D eigenvalue weighted by Gasteiger charge is 2.02. The van der Waals surface area contributed by atoms with E-state index in [1.54, 1.807) is 19.2 Å². The van der Waals surface area contributed by atoms with Crippen LogP contribution in [0.5, 0.6) is 5.75 Å². The van der Waals surface area contributed by atoms with Crippen molar-refractivity contribution in [1.29, 1.82) is 0 Å². The zero-order chi connectivity index (χ0) is 8.43. The Kier molecular flexibility index (Phi) is 2.67. The molecular formula is C7H8BrNOS. The second-order valence-corrected chi connectivity index (χ2v) is 3.38. The molecule has 0 aliphatic heterocycles. The van der Waals surface area contributed by atoms with Crippen LogP contribution in [-0.2, 0) is 0 Å². The number of anilines is 1. The van der Waals surface area contributed by atoms with Gasteiger partial charge >= 0.3 is 0 Å². The fourth-order valence-electron chi connectivity index (χ4n) is 0.715. The minimum Gasteiger partial charge on any atom is -0.495 e. The molecule has 0 aliphatic rings. The summed E-state index contributed by atoms with van der Waals surface area (Å²) in [6, 6.07) is 3.53. The first-order valence-electron chi connectivity index (χ1n) is 2.97. The molecule has 0 aromatic heterocycles. The minimum absolute atomic E-state index is 0.619. The Morgan fingerprint density at radius 3 is 2.73 bits per heavy atom. The Hall–Kier alpha value is -0.350. The Bertz CT molecular complexity index is 277. The van der Waals surface area contributed by atoms with Crippen molar-refractivity contribution >= 4 is 34.2 Å². The van der Waals surface area contributed by atoms with Gasteiger partial charge in [-0.15, -0.1) is 12.6 Å². The van der Waals surface area contributed by atoms with Gasteiger partial charge in [0, 0.05) is 16.6 Å². The lowest BCUT2D eigenvalue weighted by Gasteiger charge is -2.05. The number of halogens is 1. The molecule has 0 saturated carbocycles. The Morgan fingerprint density at radius 1 is 1.55 bits per heavy atom. The van der Waals surface area contributed by atoms with Crippen LogP contribution in [0.3, 0.4) is 0 Å². The second-order valence-electron chi connectivity index (χ2n) is 2.05. The van der Waals surface area contributed by atoms with Crippen LogP contribution in [-0.4, -0.2) is 7.11 Å². The van der Waals surface area contributed by atoms with Crippen molar-refractivity contribution in [2.45, 2.75) is 4.90 Å².